The summed E-state index contributed by atoms with van der Waals surface area (Å²) in [5.74, 6) is -0.804. The molecular formula is C27H52O8. The summed E-state index contributed by atoms with van der Waals surface area (Å²) < 4.78 is 0. The van der Waals surface area contributed by atoms with E-state index < -0.39 is 42.6 Å². The standard InChI is InChI=1S/C27H52O8/c1-2-3-4-5-6-7-8-10-13-16-21(28)23(30)19-25(32)26(33)20-24(31)22(29)17-14-11-9-12-15-18-27(34)35/h10,13,21-26,28-33H,2-9,11-12,14-20H2,1H3,(H,34,35). The van der Waals surface area contributed by atoms with E-state index in [0.29, 0.717) is 19.3 Å². The first kappa shape index (κ1) is 34.0. The SMILES string of the molecule is CCCCCCCCC=CCC(O)C(O)CC(O)C(O)CC(O)C(O)CCCCCCCC(=O)O. The third kappa shape index (κ3) is 19.8. The fourth-order valence-electron chi connectivity index (χ4n) is 4.03. The summed E-state index contributed by atoms with van der Waals surface area (Å²) in [4.78, 5) is 10.5. The number of aliphatic hydroxyl groups excluding tert-OH is 6. The molecular weight excluding hydrogens is 452 g/mol. The van der Waals surface area contributed by atoms with Crippen LogP contribution < -0.4 is 0 Å². The van der Waals surface area contributed by atoms with Gasteiger partial charge in [-0.15, -0.1) is 0 Å². The van der Waals surface area contributed by atoms with Crippen molar-refractivity contribution >= 4 is 5.97 Å². The van der Waals surface area contributed by atoms with Crippen molar-refractivity contribution in [2.24, 2.45) is 0 Å². The average Bonchev–Trinajstić information content (AvgIpc) is 2.81. The van der Waals surface area contributed by atoms with Crippen LogP contribution in [-0.2, 0) is 4.79 Å². The van der Waals surface area contributed by atoms with Crippen LogP contribution in [0.15, 0.2) is 12.2 Å². The lowest BCUT2D eigenvalue weighted by Gasteiger charge is -2.26. The summed E-state index contributed by atoms with van der Waals surface area (Å²) in [6, 6.07) is 0. The average molecular weight is 505 g/mol. The first-order valence-corrected chi connectivity index (χ1v) is 13.6. The van der Waals surface area contributed by atoms with Crippen LogP contribution >= 0.6 is 0 Å². The molecule has 0 bridgehead atoms. The van der Waals surface area contributed by atoms with Crippen molar-refractivity contribution in [1.82, 2.24) is 0 Å². The van der Waals surface area contributed by atoms with Gasteiger partial charge in [0.25, 0.3) is 0 Å². The lowest BCUT2D eigenvalue weighted by Crippen LogP contribution is -2.39. The molecule has 0 saturated carbocycles. The van der Waals surface area contributed by atoms with E-state index in [1.807, 2.05) is 12.2 Å². The molecule has 0 radical (unpaired) electrons. The lowest BCUT2D eigenvalue weighted by molar-refractivity contribution is -0.137. The topological polar surface area (TPSA) is 159 Å². The third-order valence-electron chi connectivity index (χ3n) is 6.46. The number of unbranched alkanes of at least 4 members (excludes halogenated alkanes) is 10. The minimum absolute atomic E-state index is 0.156. The summed E-state index contributed by atoms with van der Waals surface area (Å²) >= 11 is 0. The van der Waals surface area contributed by atoms with Crippen molar-refractivity contribution in [2.45, 2.75) is 153 Å². The second-order valence-electron chi connectivity index (χ2n) is 9.84. The highest BCUT2D eigenvalue weighted by molar-refractivity contribution is 5.66. The zero-order chi connectivity index (χ0) is 26.5. The molecule has 0 aliphatic carbocycles. The predicted octanol–water partition coefficient (Wildman–Crippen LogP) is 3.44. The van der Waals surface area contributed by atoms with E-state index in [4.69, 9.17) is 5.11 Å². The Hall–Kier alpha value is -1.03. The molecule has 0 saturated heterocycles. The van der Waals surface area contributed by atoms with Crippen molar-refractivity contribution in [3.63, 3.8) is 0 Å². The van der Waals surface area contributed by atoms with E-state index in [0.717, 1.165) is 32.1 Å². The maximum Gasteiger partial charge on any atom is 0.303 e. The second kappa shape index (κ2) is 22.2. The van der Waals surface area contributed by atoms with Gasteiger partial charge in [0.05, 0.1) is 36.6 Å². The van der Waals surface area contributed by atoms with Crippen LogP contribution in [0.2, 0.25) is 0 Å². The van der Waals surface area contributed by atoms with Gasteiger partial charge in [0.1, 0.15) is 0 Å². The molecule has 0 rings (SSSR count). The molecule has 0 aliphatic heterocycles. The largest absolute Gasteiger partial charge is 0.481 e. The number of carboxylic acid groups (broad SMARTS) is 1. The van der Waals surface area contributed by atoms with Crippen LogP contribution in [0.5, 0.6) is 0 Å². The molecule has 7 N–H and O–H groups in total. The molecule has 0 amide bonds. The van der Waals surface area contributed by atoms with E-state index in [-0.39, 0.29) is 25.7 Å². The number of carbonyl (C=O) groups is 1. The molecule has 0 aromatic rings. The molecule has 6 atom stereocenters. The van der Waals surface area contributed by atoms with Gasteiger partial charge in [0.15, 0.2) is 0 Å². The number of rotatable bonds is 24. The molecule has 8 heteroatoms. The van der Waals surface area contributed by atoms with Gasteiger partial charge in [-0.2, -0.15) is 0 Å². The Balaban J connectivity index is 4.02. The minimum atomic E-state index is -1.33. The van der Waals surface area contributed by atoms with Crippen molar-refractivity contribution in [3.05, 3.63) is 12.2 Å². The minimum Gasteiger partial charge on any atom is -0.481 e. The second-order valence-corrected chi connectivity index (χ2v) is 9.84. The molecule has 0 aromatic heterocycles. The zero-order valence-corrected chi connectivity index (χ0v) is 21.7. The van der Waals surface area contributed by atoms with Gasteiger partial charge in [-0.25, -0.2) is 0 Å². The number of aliphatic carboxylic acids is 1. The molecule has 0 heterocycles. The van der Waals surface area contributed by atoms with Crippen LogP contribution in [-0.4, -0.2) is 78.3 Å². The Kier molecular flexibility index (Phi) is 21.5. The summed E-state index contributed by atoms with van der Waals surface area (Å²) in [5, 5.41) is 69.4. The van der Waals surface area contributed by atoms with E-state index in [2.05, 4.69) is 6.92 Å². The summed E-state index contributed by atoms with van der Waals surface area (Å²) in [6.07, 6.45) is 8.95. The summed E-state index contributed by atoms with van der Waals surface area (Å²) in [7, 11) is 0. The first-order chi connectivity index (χ1) is 16.7. The van der Waals surface area contributed by atoms with Gasteiger partial charge in [-0.1, -0.05) is 76.9 Å². The van der Waals surface area contributed by atoms with Crippen molar-refractivity contribution in [1.29, 1.82) is 0 Å². The van der Waals surface area contributed by atoms with Gasteiger partial charge >= 0.3 is 5.97 Å². The number of aliphatic hydroxyl groups is 6. The van der Waals surface area contributed by atoms with Crippen LogP contribution in [0.25, 0.3) is 0 Å². The quantitative estimate of drug-likeness (QED) is 0.0777. The van der Waals surface area contributed by atoms with E-state index in [1.54, 1.807) is 0 Å². The van der Waals surface area contributed by atoms with Gasteiger partial charge in [0.2, 0.25) is 0 Å². The highest BCUT2D eigenvalue weighted by Crippen LogP contribution is 2.17. The summed E-state index contributed by atoms with van der Waals surface area (Å²) in [5.41, 5.74) is 0. The normalized spacial score (nSPS) is 17.2. The number of allylic oxidation sites excluding steroid dienone is 1. The predicted molar refractivity (Wildman–Crippen MR) is 137 cm³/mol. The fraction of sp³-hybridized carbons (Fsp3) is 0.889. The van der Waals surface area contributed by atoms with Crippen molar-refractivity contribution in [2.75, 3.05) is 0 Å². The molecule has 0 fully saturated rings. The maximum absolute atomic E-state index is 10.5. The fourth-order valence-corrected chi connectivity index (χ4v) is 4.03. The Morgan fingerprint density at radius 1 is 0.600 bits per heavy atom. The Bertz CT molecular complexity index is 527. The Morgan fingerprint density at radius 3 is 1.69 bits per heavy atom. The molecule has 0 spiro atoms. The van der Waals surface area contributed by atoms with Gasteiger partial charge in [-0.3, -0.25) is 4.79 Å². The van der Waals surface area contributed by atoms with Gasteiger partial charge in [0, 0.05) is 19.3 Å². The monoisotopic (exact) mass is 504 g/mol. The van der Waals surface area contributed by atoms with Crippen LogP contribution in [0, 0.1) is 0 Å². The molecule has 6 unspecified atom stereocenters. The number of carboxylic acids is 1. The Labute approximate surface area is 211 Å². The Morgan fingerprint density at radius 2 is 1.09 bits per heavy atom. The highest BCUT2D eigenvalue weighted by Gasteiger charge is 2.27. The van der Waals surface area contributed by atoms with Gasteiger partial charge < -0.3 is 35.7 Å². The lowest BCUT2D eigenvalue weighted by atomic mass is 9.95. The first-order valence-electron chi connectivity index (χ1n) is 13.6. The molecule has 8 nitrogen and oxygen atoms in total. The third-order valence-corrected chi connectivity index (χ3v) is 6.46. The number of hydrogen-bond acceptors (Lipinski definition) is 7. The van der Waals surface area contributed by atoms with Gasteiger partial charge in [-0.05, 0) is 32.1 Å². The van der Waals surface area contributed by atoms with E-state index in [9.17, 15) is 35.4 Å². The molecule has 0 aliphatic rings. The smallest absolute Gasteiger partial charge is 0.303 e. The van der Waals surface area contributed by atoms with E-state index in [1.165, 1.54) is 32.1 Å². The molecule has 35 heavy (non-hydrogen) atoms. The van der Waals surface area contributed by atoms with Crippen LogP contribution in [0.3, 0.4) is 0 Å². The highest BCUT2D eigenvalue weighted by atomic mass is 16.4. The van der Waals surface area contributed by atoms with Crippen LogP contribution in [0.4, 0.5) is 0 Å². The number of hydrogen-bond donors (Lipinski definition) is 7. The molecule has 0 aromatic carbocycles. The zero-order valence-electron chi connectivity index (χ0n) is 21.7. The maximum atomic E-state index is 10.5. The van der Waals surface area contributed by atoms with Crippen molar-refractivity contribution in [3.8, 4) is 0 Å². The summed E-state index contributed by atoms with van der Waals surface area (Å²) in [6.45, 7) is 2.19. The van der Waals surface area contributed by atoms with Crippen LogP contribution in [0.1, 0.15) is 116 Å². The molecule has 208 valence electrons. The van der Waals surface area contributed by atoms with E-state index >= 15 is 0 Å². The van der Waals surface area contributed by atoms with Crippen molar-refractivity contribution < 1.29 is 40.5 Å².